The van der Waals surface area contributed by atoms with E-state index >= 15 is 0 Å². The molecule has 2 heterocycles. The average Bonchev–Trinajstić information content (AvgIpc) is 2.86. The van der Waals surface area contributed by atoms with Crippen LogP contribution in [-0.4, -0.2) is 16.1 Å². The first-order chi connectivity index (χ1) is 8.06. The molecule has 0 aliphatic carbocycles. The monoisotopic (exact) mass is 252 g/mol. The van der Waals surface area contributed by atoms with E-state index in [0.717, 1.165) is 9.88 Å². The lowest BCUT2D eigenvalue weighted by atomic mass is 10.3. The van der Waals surface area contributed by atoms with Crippen LogP contribution < -0.4 is 5.32 Å². The second-order valence-electron chi connectivity index (χ2n) is 3.64. The summed E-state index contributed by atoms with van der Waals surface area (Å²) in [7, 11) is 0. The predicted molar refractivity (Wildman–Crippen MR) is 64.6 cm³/mol. The van der Waals surface area contributed by atoms with Gasteiger partial charge in [-0.2, -0.15) is 0 Å². The van der Waals surface area contributed by atoms with Crippen LogP contribution in [0, 0.1) is 6.92 Å². The minimum Gasteiger partial charge on any atom is -0.475 e. The summed E-state index contributed by atoms with van der Waals surface area (Å²) in [4.78, 5) is 16.0. The quantitative estimate of drug-likeness (QED) is 0.875. The summed E-state index contributed by atoms with van der Waals surface area (Å²) in [6, 6.07) is 3.01. The lowest BCUT2D eigenvalue weighted by molar-refractivity contribution is 0.0663. The minimum atomic E-state index is -1.07. The summed E-state index contributed by atoms with van der Waals surface area (Å²) in [6.45, 7) is 3.94. The Morgan fingerprint density at radius 2 is 2.35 bits per heavy atom. The van der Waals surface area contributed by atoms with Crippen molar-refractivity contribution < 1.29 is 14.3 Å². The van der Waals surface area contributed by atoms with Gasteiger partial charge in [0.15, 0.2) is 5.88 Å². The highest BCUT2D eigenvalue weighted by Gasteiger charge is 2.13. The van der Waals surface area contributed by atoms with Gasteiger partial charge in [0.2, 0.25) is 5.76 Å². The lowest BCUT2D eigenvalue weighted by Crippen LogP contribution is -2.05. The molecule has 0 radical (unpaired) electrons. The van der Waals surface area contributed by atoms with E-state index < -0.39 is 5.97 Å². The number of furan rings is 1. The van der Waals surface area contributed by atoms with Crippen molar-refractivity contribution >= 4 is 23.2 Å². The Balaban J connectivity index is 2.07. The lowest BCUT2D eigenvalue weighted by Gasteiger charge is -2.09. The highest BCUT2D eigenvalue weighted by Crippen LogP contribution is 2.24. The van der Waals surface area contributed by atoms with Crippen LogP contribution in [0.3, 0.4) is 0 Å². The summed E-state index contributed by atoms with van der Waals surface area (Å²) < 4.78 is 5.11. The number of nitrogens with zero attached hydrogens (tertiary/aromatic N) is 1. The number of nitrogens with one attached hydrogen (secondary N) is 1. The van der Waals surface area contributed by atoms with Crippen molar-refractivity contribution in [2.24, 2.45) is 0 Å². The van der Waals surface area contributed by atoms with Gasteiger partial charge in [0.05, 0.1) is 6.04 Å². The van der Waals surface area contributed by atoms with E-state index in [9.17, 15) is 4.79 Å². The van der Waals surface area contributed by atoms with Crippen molar-refractivity contribution in [2.75, 3.05) is 5.32 Å². The van der Waals surface area contributed by atoms with Crippen molar-refractivity contribution in [3.8, 4) is 0 Å². The van der Waals surface area contributed by atoms with Gasteiger partial charge in [0.25, 0.3) is 0 Å². The zero-order valence-corrected chi connectivity index (χ0v) is 10.2. The van der Waals surface area contributed by atoms with Gasteiger partial charge >= 0.3 is 5.97 Å². The van der Waals surface area contributed by atoms with Crippen LogP contribution in [0.5, 0.6) is 0 Å². The number of carbonyl (C=O) groups is 1. The van der Waals surface area contributed by atoms with Crippen molar-refractivity contribution in [3.05, 3.63) is 34.0 Å². The molecule has 0 aliphatic rings. The molecule has 0 aromatic carbocycles. The molecule has 1 unspecified atom stereocenters. The number of hydrogen-bond donors (Lipinski definition) is 2. The number of carboxylic acid groups (broad SMARTS) is 1. The van der Waals surface area contributed by atoms with Crippen molar-refractivity contribution in [1.29, 1.82) is 0 Å². The second kappa shape index (κ2) is 4.58. The molecule has 0 spiro atoms. The number of thiazole rings is 1. The smallest absolute Gasteiger partial charge is 0.371 e. The SMILES string of the molecule is Cc1cnc(C(C)Nc2ccc(C(=O)O)o2)s1. The molecule has 0 aliphatic heterocycles. The van der Waals surface area contributed by atoms with Crippen LogP contribution in [0.25, 0.3) is 0 Å². The molecule has 2 rings (SSSR count). The highest BCUT2D eigenvalue weighted by atomic mass is 32.1. The Hall–Kier alpha value is -1.82. The van der Waals surface area contributed by atoms with Gasteiger partial charge in [-0.15, -0.1) is 11.3 Å². The number of hydrogen-bond acceptors (Lipinski definition) is 5. The molecule has 2 aromatic heterocycles. The van der Waals surface area contributed by atoms with Crippen LogP contribution >= 0.6 is 11.3 Å². The first-order valence-corrected chi connectivity index (χ1v) is 5.90. The first-order valence-electron chi connectivity index (χ1n) is 5.08. The number of anilines is 1. The molecular weight excluding hydrogens is 240 g/mol. The summed E-state index contributed by atoms with van der Waals surface area (Å²) in [5, 5.41) is 12.7. The maximum Gasteiger partial charge on any atom is 0.371 e. The van der Waals surface area contributed by atoms with E-state index in [1.165, 1.54) is 6.07 Å². The Morgan fingerprint density at radius 1 is 1.59 bits per heavy atom. The summed E-state index contributed by atoms with van der Waals surface area (Å²) >= 11 is 1.60. The predicted octanol–water partition coefficient (Wildman–Crippen LogP) is 2.92. The zero-order chi connectivity index (χ0) is 12.4. The maximum atomic E-state index is 10.6. The largest absolute Gasteiger partial charge is 0.475 e. The molecule has 0 amide bonds. The summed E-state index contributed by atoms with van der Waals surface area (Å²) in [5.74, 6) is -0.714. The molecule has 2 aromatic rings. The van der Waals surface area contributed by atoms with Crippen LogP contribution in [0.15, 0.2) is 22.7 Å². The van der Waals surface area contributed by atoms with Gasteiger partial charge in [-0.1, -0.05) is 0 Å². The summed E-state index contributed by atoms with van der Waals surface area (Å²) in [5.41, 5.74) is 0. The fourth-order valence-corrected chi connectivity index (χ4v) is 2.15. The van der Waals surface area contributed by atoms with Gasteiger partial charge in [0.1, 0.15) is 5.01 Å². The molecule has 17 heavy (non-hydrogen) atoms. The van der Waals surface area contributed by atoms with Gasteiger partial charge in [-0.05, 0) is 19.9 Å². The summed E-state index contributed by atoms with van der Waals surface area (Å²) in [6.07, 6.45) is 1.81. The Kier molecular flexibility index (Phi) is 3.14. The van der Waals surface area contributed by atoms with Gasteiger partial charge in [-0.25, -0.2) is 9.78 Å². The Labute approximate surface area is 102 Å². The molecule has 2 N–H and O–H groups in total. The maximum absolute atomic E-state index is 10.6. The van der Waals surface area contributed by atoms with Gasteiger partial charge in [0, 0.05) is 17.1 Å². The van der Waals surface area contributed by atoms with E-state index in [0.29, 0.717) is 5.88 Å². The topological polar surface area (TPSA) is 75.4 Å². The Bertz CT molecular complexity index is 532. The third kappa shape index (κ3) is 2.65. The number of aromatic carboxylic acids is 1. The zero-order valence-electron chi connectivity index (χ0n) is 9.43. The second-order valence-corrected chi connectivity index (χ2v) is 4.91. The number of aryl methyl sites for hydroxylation is 1. The molecule has 90 valence electrons. The highest BCUT2D eigenvalue weighted by molar-refractivity contribution is 7.11. The van der Waals surface area contributed by atoms with Gasteiger partial charge < -0.3 is 14.8 Å². The molecule has 0 fully saturated rings. The number of rotatable bonds is 4. The van der Waals surface area contributed by atoms with Crippen LogP contribution in [-0.2, 0) is 0 Å². The molecule has 5 nitrogen and oxygen atoms in total. The van der Waals surface area contributed by atoms with E-state index in [2.05, 4.69) is 10.3 Å². The fourth-order valence-electron chi connectivity index (χ4n) is 1.38. The van der Waals surface area contributed by atoms with Crippen LogP contribution in [0.1, 0.15) is 33.4 Å². The molecule has 0 bridgehead atoms. The molecule has 6 heteroatoms. The standard InChI is InChI=1S/C11H12N2O3S/c1-6-5-12-10(17-6)7(2)13-9-4-3-8(16-9)11(14)15/h3-5,7,13H,1-2H3,(H,14,15). The van der Waals surface area contributed by atoms with Crippen LogP contribution in [0.4, 0.5) is 5.88 Å². The van der Waals surface area contributed by atoms with Crippen LogP contribution in [0.2, 0.25) is 0 Å². The average molecular weight is 252 g/mol. The van der Waals surface area contributed by atoms with E-state index in [1.54, 1.807) is 17.4 Å². The fraction of sp³-hybridized carbons (Fsp3) is 0.273. The molecule has 1 atom stereocenters. The minimum absolute atomic E-state index is 0.0125. The van der Waals surface area contributed by atoms with Gasteiger partial charge in [-0.3, -0.25) is 0 Å². The molecular formula is C11H12N2O3S. The third-order valence-corrected chi connectivity index (χ3v) is 3.28. The number of aromatic nitrogens is 1. The third-order valence-electron chi connectivity index (χ3n) is 2.19. The molecule has 0 saturated carbocycles. The van der Waals surface area contributed by atoms with Crippen molar-refractivity contribution in [1.82, 2.24) is 4.98 Å². The van der Waals surface area contributed by atoms with E-state index in [1.807, 2.05) is 20.0 Å². The molecule has 0 saturated heterocycles. The van der Waals surface area contributed by atoms with E-state index in [4.69, 9.17) is 9.52 Å². The van der Waals surface area contributed by atoms with Crippen molar-refractivity contribution in [2.45, 2.75) is 19.9 Å². The number of carboxylic acids is 1. The first kappa shape index (κ1) is 11.7. The Morgan fingerprint density at radius 3 is 2.88 bits per heavy atom. The van der Waals surface area contributed by atoms with Crippen molar-refractivity contribution in [3.63, 3.8) is 0 Å². The normalized spacial score (nSPS) is 12.4. The van der Waals surface area contributed by atoms with E-state index in [-0.39, 0.29) is 11.8 Å².